The van der Waals surface area contributed by atoms with Crippen LogP contribution in [0.15, 0.2) is 59.5 Å². The molecule has 27 heavy (non-hydrogen) atoms. The lowest BCUT2D eigenvalue weighted by atomic mass is 9.94. The Labute approximate surface area is 159 Å². The first kappa shape index (κ1) is 17.6. The zero-order chi connectivity index (χ0) is 18.6. The average molecular weight is 363 g/mol. The highest BCUT2D eigenvalue weighted by atomic mass is 16.3. The van der Waals surface area contributed by atoms with Gasteiger partial charge in [-0.15, -0.1) is 0 Å². The van der Waals surface area contributed by atoms with Crippen LogP contribution in [0.2, 0.25) is 0 Å². The Bertz CT molecular complexity index is 884. The van der Waals surface area contributed by atoms with Crippen molar-refractivity contribution in [2.45, 2.75) is 32.7 Å². The van der Waals surface area contributed by atoms with Crippen molar-refractivity contribution < 1.29 is 9.21 Å². The lowest BCUT2D eigenvalue weighted by Crippen LogP contribution is -2.40. The topological polar surface area (TPSA) is 51.3 Å². The molecular formula is C22H25N3O2. The van der Waals surface area contributed by atoms with Crippen LogP contribution < -0.4 is 0 Å². The number of carbonyl (C=O) groups is 1. The molecule has 0 aliphatic carbocycles. The highest BCUT2D eigenvalue weighted by Gasteiger charge is 2.26. The minimum absolute atomic E-state index is 0.0669. The second kappa shape index (κ2) is 7.82. The summed E-state index contributed by atoms with van der Waals surface area (Å²) in [5.41, 5.74) is 3.09. The second-order valence-electron chi connectivity index (χ2n) is 7.36. The van der Waals surface area contributed by atoms with E-state index in [0.717, 1.165) is 44.7 Å². The van der Waals surface area contributed by atoms with Crippen molar-refractivity contribution in [3.8, 4) is 0 Å². The molecule has 0 N–H and O–H groups in total. The number of aromatic nitrogens is 2. The van der Waals surface area contributed by atoms with Gasteiger partial charge in [0.15, 0.2) is 0 Å². The normalized spacial score (nSPS) is 17.2. The van der Waals surface area contributed by atoms with Gasteiger partial charge in [-0.1, -0.05) is 30.3 Å². The molecule has 140 valence electrons. The lowest BCUT2D eigenvalue weighted by Gasteiger charge is -2.32. The number of rotatable bonds is 5. The number of aryl methyl sites for hydroxylation is 1. The van der Waals surface area contributed by atoms with Gasteiger partial charge in [0.2, 0.25) is 0 Å². The molecule has 1 aliphatic heterocycles. The zero-order valence-corrected chi connectivity index (χ0v) is 15.7. The maximum atomic E-state index is 12.6. The molecule has 1 aliphatic rings. The Morgan fingerprint density at radius 1 is 1.26 bits per heavy atom. The summed E-state index contributed by atoms with van der Waals surface area (Å²) in [6.07, 6.45) is 8.10. The Morgan fingerprint density at radius 3 is 2.89 bits per heavy atom. The summed E-state index contributed by atoms with van der Waals surface area (Å²) in [5.74, 6) is 1.61. The van der Waals surface area contributed by atoms with Crippen LogP contribution in [0.25, 0.3) is 0 Å². The van der Waals surface area contributed by atoms with E-state index in [1.165, 1.54) is 17.5 Å². The molecule has 3 heterocycles. The number of carbonyl (C=O) groups excluding carboxylic acids is 1. The van der Waals surface area contributed by atoms with Crippen molar-refractivity contribution in [1.82, 2.24) is 14.5 Å². The van der Waals surface area contributed by atoms with E-state index in [9.17, 15) is 4.79 Å². The van der Waals surface area contributed by atoms with Gasteiger partial charge in [-0.2, -0.15) is 0 Å². The fourth-order valence-electron chi connectivity index (χ4n) is 3.90. The Balaban J connectivity index is 1.45. The maximum absolute atomic E-state index is 12.6. The molecule has 2 aromatic heterocycles. The highest BCUT2D eigenvalue weighted by molar-refractivity contribution is 5.93. The highest BCUT2D eigenvalue weighted by Crippen LogP contribution is 2.23. The molecule has 0 radical (unpaired) electrons. The predicted molar refractivity (Wildman–Crippen MR) is 104 cm³/mol. The quantitative estimate of drug-likeness (QED) is 0.690. The fraction of sp³-hybridized carbons (Fsp3) is 0.364. The molecule has 3 aromatic rings. The largest absolute Gasteiger partial charge is 0.472 e. The van der Waals surface area contributed by atoms with Crippen LogP contribution >= 0.6 is 0 Å². The third-order valence-electron chi connectivity index (χ3n) is 5.37. The summed E-state index contributed by atoms with van der Waals surface area (Å²) in [6.45, 7) is 4.54. The summed E-state index contributed by atoms with van der Waals surface area (Å²) in [7, 11) is 0. The number of imidazole rings is 1. The van der Waals surface area contributed by atoms with Crippen LogP contribution in [0.5, 0.6) is 0 Å². The molecule has 4 rings (SSSR count). The number of amides is 1. The minimum atomic E-state index is 0.0669. The monoisotopic (exact) mass is 363 g/mol. The molecule has 5 nitrogen and oxygen atoms in total. The van der Waals surface area contributed by atoms with Gasteiger partial charge in [0.25, 0.3) is 5.91 Å². The van der Waals surface area contributed by atoms with E-state index < -0.39 is 0 Å². The number of hydrogen-bond donors (Lipinski definition) is 0. The molecular weight excluding hydrogens is 338 g/mol. The number of piperidine rings is 1. The first-order valence-corrected chi connectivity index (χ1v) is 9.57. The minimum Gasteiger partial charge on any atom is -0.472 e. The van der Waals surface area contributed by atoms with Crippen molar-refractivity contribution in [2.24, 2.45) is 5.92 Å². The summed E-state index contributed by atoms with van der Waals surface area (Å²) >= 11 is 0. The standard InChI is InChI=1S/C22H25N3O2/c1-17-13-23-21(25(17)15-18-6-3-2-4-7-18)12-19-8-5-10-24(14-19)22(26)20-9-11-27-16-20/h2-4,6-7,9,11,13,16,19H,5,8,10,12,14-15H2,1H3. The third kappa shape index (κ3) is 3.97. The van der Waals surface area contributed by atoms with Crippen LogP contribution in [-0.2, 0) is 13.0 Å². The van der Waals surface area contributed by atoms with E-state index in [-0.39, 0.29) is 5.91 Å². The number of likely N-dealkylation sites (tertiary alicyclic amines) is 1. The van der Waals surface area contributed by atoms with E-state index in [4.69, 9.17) is 4.42 Å². The molecule has 1 amide bonds. The van der Waals surface area contributed by atoms with Crippen molar-refractivity contribution in [3.63, 3.8) is 0 Å². The molecule has 0 spiro atoms. The number of benzene rings is 1. The van der Waals surface area contributed by atoms with Gasteiger partial charge in [-0.3, -0.25) is 4.79 Å². The molecule has 0 saturated carbocycles. The SMILES string of the molecule is Cc1cnc(CC2CCCN(C(=O)c3ccoc3)C2)n1Cc1ccccc1. The van der Waals surface area contributed by atoms with Gasteiger partial charge in [-0.25, -0.2) is 4.98 Å². The van der Waals surface area contributed by atoms with E-state index >= 15 is 0 Å². The summed E-state index contributed by atoms with van der Waals surface area (Å²) < 4.78 is 7.36. The first-order valence-electron chi connectivity index (χ1n) is 9.57. The van der Waals surface area contributed by atoms with Gasteiger partial charge in [0, 0.05) is 37.9 Å². The van der Waals surface area contributed by atoms with E-state index in [0.29, 0.717) is 11.5 Å². The number of hydrogen-bond acceptors (Lipinski definition) is 3. The zero-order valence-electron chi connectivity index (χ0n) is 15.7. The van der Waals surface area contributed by atoms with Gasteiger partial charge in [0.05, 0.1) is 11.8 Å². The molecule has 1 atom stereocenters. The van der Waals surface area contributed by atoms with Crippen LogP contribution in [0.1, 0.15) is 40.3 Å². The molecule has 1 saturated heterocycles. The number of furan rings is 1. The first-order chi connectivity index (χ1) is 13.2. The lowest BCUT2D eigenvalue weighted by molar-refractivity contribution is 0.0671. The van der Waals surface area contributed by atoms with Gasteiger partial charge in [0.1, 0.15) is 12.1 Å². The average Bonchev–Trinajstić information content (AvgIpc) is 3.35. The molecule has 0 bridgehead atoms. The molecule has 5 heteroatoms. The maximum Gasteiger partial charge on any atom is 0.257 e. The third-order valence-corrected chi connectivity index (χ3v) is 5.37. The summed E-state index contributed by atoms with van der Waals surface area (Å²) in [4.78, 5) is 19.2. The molecule has 1 unspecified atom stereocenters. The Hall–Kier alpha value is -2.82. The van der Waals surface area contributed by atoms with E-state index in [1.807, 2.05) is 17.2 Å². The van der Waals surface area contributed by atoms with Crippen LogP contribution in [0, 0.1) is 12.8 Å². The van der Waals surface area contributed by atoms with Crippen LogP contribution in [0.4, 0.5) is 0 Å². The summed E-state index contributed by atoms with van der Waals surface area (Å²) in [5, 5.41) is 0. The Kier molecular flexibility index (Phi) is 5.10. The second-order valence-corrected chi connectivity index (χ2v) is 7.36. The predicted octanol–water partition coefficient (Wildman–Crippen LogP) is 3.93. The van der Waals surface area contributed by atoms with Crippen molar-refractivity contribution in [3.05, 3.63) is 77.8 Å². The van der Waals surface area contributed by atoms with E-state index in [1.54, 1.807) is 12.3 Å². The summed E-state index contributed by atoms with van der Waals surface area (Å²) in [6, 6.07) is 12.2. The van der Waals surface area contributed by atoms with Crippen molar-refractivity contribution in [2.75, 3.05) is 13.1 Å². The molecule has 1 fully saturated rings. The van der Waals surface area contributed by atoms with Crippen molar-refractivity contribution in [1.29, 1.82) is 0 Å². The smallest absolute Gasteiger partial charge is 0.257 e. The van der Waals surface area contributed by atoms with Gasteiger partial charge in [-0.05, 0) is 37.3 Å². The molecule has 1 aromatic carbocycles. The van der Waals surface area contributed by atoms with Gasteiger partial charge < -0.3 is 13.9 Å². The van der Waals surface area contributed by atoms with E-state index in [2.05, 4.69) is 40.7 Å². The fourth-order valence-corrected chi connectivity index (χ4v) is 3.90. The van der Waals surface area contributed by atoms with Crippen molar-refractivity contribution >= 4 is 5.91 Å². The van der Waals surface area contributed by atoms with Crippen LogP contribution in [0.3, 0.4) is 0 Å². The van der Waals surface area contributed by atoms with Gasteiger partial charge >= 0.3 is 0 Å². The van der Waals surface area contributed by atoms with Crippen LogP contribution in [-0.4, -0.2) is 33.4 Å². The Morgan fingerprint density at radius 2 is 2.11 bits per heavy atom. The number of nitrogens with zero attached hydrogens (tertiary/aromatic N) is 3.